The fourth-order valence-electron chi connectivity index (χ4n) is 2.01. The quantitative estimate of drug-likeness (QED) is 0.844. The van der Waals surface area contributed by atoms with E-state index >= 15 is 0 Å². The highest BCUT2D eigenvalue weighted by atomic mass is 19.1. The summed E-state index contributed by atoms with van der Waals surface area (Å²) in [6, 6.07) is 4.21. The third kappa shape index (κ3) is 3.73. The number of likely N-dealkylation sites (N-methyl/N-ethyl adjacent to an activating group) is 1. The van der Waals surface area contributed by atoms with Gasteiger partial charge in [0.1, 0.15) is 5.82 Å². The van der Waals surface area contributed by atoms with Crippen LogP contribution >= 0.6 is 0 Å². The summed E-state index contributed by atoms with van der Waals surface area (Å²) in [5, 5.41) is 10.8. The molecule has 0 aliphatic carbocycles. The van der Waals surface area contributed by atoms with Gasteiger partial charge in [0.05, 0.1) is 5.56 Å². The van der Waals surface area contributed by atoms with Crippen LogP contribution in [0.5, 0.6) is 0 Å². The van der Waals surface area contributed by atoms with Crippen LogP contribution in [0, 0.1) is 5.82 Å². The van der Waals surface area contributed by atoms with Crippen LogP contribution in [0.4, 0.5) is 4.39 Å². The van der Waals surface area contributed by atoms with Gasteiger partial charge in [-0.25, -0.2) is 14.2 Å². The molecule has 6 heteroatoms. The van der Waals surface area contributed by atoms with Crippen LogP contribution in [0.2, 0.25) is 0 Å². The monoisotopic (exact) mass is 267 g/mol. The van der Waals surface area contributed by atoms with Gasteiger partial charge in [-0.1, -0.05) is 6.07 Å². The van der Waals surface area contributed by atoms with Crippen molar-refractivity contribution in [2.24, 2.45) is 0 Å². The predicted octanol–water partition coefficient (Wildman–Crippen LogP) is 0.776. The van der Waals surface area contributed by atoms with E-state index < -0.39 is 11.8 Å². The van der Waals surface area contributed by atoms with Crippen molar-refractivity contribution in [2.45, 2.75) is 6.54 Å². The molecular weight excluding hydrogens is 249 g/mol. The lowest BCUT2D eigenvalue weighted by Gasteiger charge is -2.32. The molecule has 19 heavy (non-hydrogen) atoms. The first-order valence-electron chi connectivity index (χ1n) is 6.25. The highest BCUT2D eigenvalue weighted by Crippen LogP contribution is 2.10. The Bertz CT molecular complexity index is 459. The van der Waals surface area contributed by atoms with Crippen LogP contribution in [-0.2, 0) is 6.54 Å². The number of hydrazine groups is 1. The minimum atomic E-state index is -1.24. The van der Waals surface area contributed by atoms with E-state index in [1.807, 2.05) is 0 Å². The summed E-state index contributed by atoms with van der Waals surface area (Å²) in [4.78, 5) is 13.0. The maximum absolute atomic E-state index is 13.5. The number of carboxylic acid groups (broad SMARTS) is 1. The van der Waals surface area contributed by atoms with E-state index in [9.17, 15) is 9.18 Å². The van der Waals surface area contributed by atoms with Crippen molar-refractivity contribution in [1.29, 1.82) is 0 Å². The van der Waals surface area contributed by atoms with Crippen LogP contribution in [0.25, 0.3) is 0 Å². The van der Waals surface area contributed by atoms with Crippen LogP contribution in [0.3, 0.4) is 0 Å². The molecule has 0 atom stereocenters. The summed E-state index contributed by atoms with van der Waals surface area (Å²) in [7, 11) is 2.08. The molecule has 1 saturated heterocycles. The SMILES string of the molecule is CN1CCN(NCc2ccc(C(=O)O)c(F)c2)CC1. The van der Waals surface area contributed by atoms with Gasteiger partial charge in [-0.15, -0.1) is 0 Å². The van der Waals surface area contributed by atoms with Crippen LogP contribution in [-0.4, -0.2) is 54.2 Å². The number of halogens is 1. The van der Waals surface area contributed by atoms with Crippen LogP contribution in [0.15, 0.2) is 18.2 Å². The van der Waals surface area contributed by atoms with E-state index in [2.05, 4.69) is 22.4 Å². The van der Waals surface area contributed by atoms with E-state index in [4.69, 9.17) is 5.11 Å². The van der Waals surface area contributed by atoms with Gasteiger partial charge in [0.25, 0.3) is 0 Å². The first-order valence-corrected chi connectivity index (χ1v) is 6.25. The molecule has 5 nitrogen and oxygen atoms in total. The van der Waals surface area contributed by atoms with Crippen molar-refractivity contribution in [1.82, 2.24) is 15.3 Å². The normalized spacial score (nSPS) is 17.6. The molecule has 1 aromatic rings. The number of carboxylic acids is 1. The Morgan fingerprint density at radius 3 is 2.63 bits per heavy atom. The van der Waals surface area contributed by atoms with Gasteiger partial charge >= 0.3 is 5.97 Å². The molecule has 0 spiro atoms. The third-order valence-electron chi connectivity index (χ3n) is 3.27. The lowest BCUT2D eigenvalue weighted by molar-refractivity contribution is 0.0692. The number of nitrogens with zero attached hydrogens (tertiary/aromatic N) is 2. The molecule has 0 unspecified atom stereocenters. The average Bonchev–Trinajstić information content (AvgIpc) is 2.37. The van der Waals surface area contributed by atoms with E-state index in [0.717, 1.165) is 31.7 Å². The zero-order valence-electron chi connectivity index (χ0n) is 10.9. The second-order valence-electron chi connectivity index (χ2n) is 4.74. The number of carbonyl (C=O) groups is 1. The lowest BCUT2D eigenvalue weighted by Crippen LogP contribution is -2.50. The smallest absolute Gasteiger partial charge is 0.338 e. The highest BCUT2D eigenvalue weighted by Gasteiger charge is 2.14. The van der Waals surface area contributed by atoms with Gasteiger partial charge in [0.15, 0.2) is 0 Å². The fourth-order valence-corrected chi connectivity index (χ4v) is 2.01. The zero-order chi connectivity index (χ0) is 13.8. The zero-order valence-corrected chi connectivity index (χ0v) is 10.9. The Morgan fingerprint density at radius 1 is 1.37 bits per heavy atom. The maximum atomic E-state index is 13.5. The summed E-state index contributed by atoms with van der Waals surface area (Å²) in [6.45, 7) is 4.34. The van der Waals surface area contributed by atoms with Crippen molar-refractivity contribution >= 4 is 5.97 Å². The first-order chi connectivity index (χ1) is 9.06. The summed E-state index contributed by atoms with van der Waals surface area (Å²) >= 11 is 0. The van der Waals surface area contributed by atoms with E-state index in [1.165, 1.54) is 12.1 Å². The first kappa shape index (κ1) is 13.9. The largest absolute Gasteiger partial charge is 0.478 e. The van der Waals surface area contributed by atoms with Crippen molar-refractivity contribution in [3.05, 3.63) is 35.1 Å². The molecule has 1 heterocycles. The third-order valence-corrected chi connectivity index (χ3v) is 3.27. The molecule has 2 N–H and O–H groups in total. The number of piperazine rings is 1. The molecule has 0 bridgehead atoms. The molecular formula is C13H18FN3O2. The molecule has 0 amide bonds. The number of nitrogens with one attached hydrogen (secondary N) is 1. The average molecular weight is 267 g/mol. The van der Waals surface area contributed by atoms with Crippen molar-refractivity contribution in [3.63, 3.8) is 0 Å². The molecule has 1 aliphatic heterocycles. The molecule has 0 saturated carbocycles. The Kier molecular flexibility index (Phi) is 4.47. The predicted molar refractivity (Wildman–Crippen MR) is 69.3 cm³/mol. The van der Waals surface area contributed by atoms with E-state index in [-0.39, 0.29) is 5.56 Å². The molecule has 2 rings (SSSR count). The molecule has 104 valence electrons. The van der Waals surface area contributed by atoms with Gasteiger partial charge in [-0.2, -0.15) is 0 Å². The number of aromatic carboxylic acids is 1. The molecule has 1 aromatic carbocycles. The number of benzene rings is 1. The Labute approximate surface area is 111 Å². The van der Waals surface area contributed by atoms with Gasteiger partial charge < -0.3 is 10.0 Å². The summed E-state index contributed by atoms with van der Waals surface area (Å²) < 4.78 is 13.5. The van der Waals surface area contributed by atoms with E-state index in [0.29, 0.717) is 6.54 Å². The van der Waals surface area contributed by atoms with Crippen molar-refractivity contribution in [3.8, 4) is 0 Å². The number of rotatable bonds is 4. The highest BCUT2D eigenvalue weighted by molar-refractivity contribution is 5.87. The van der Waals surface area contributed by atoms with Gasteiger partial charge in [0.2, 0.25) is 0 Å². The van der Waals surface area contributed by atoms with Crippen molar-refractivity contribution < 1.29 is 14.3 Å². The minimum absolute atomic E-state index is 0.289. The van der Waals surface area contributed by atoms with Crippen molar-refractivity contribution in [2.75, 3.05) is 33.2 Å². The number of hydrogen-bond donors (Lipinski definition) is 2. The Morgan fingerprint density at radius 2 is 2.05 bits per heavy atom. The molecule has 0 radical (unpaired) electrons. The van der Waals surface area contributed by atoms with Crippen LogP contribution in [0.1, 0.15) is 15.9 Å². The summed E-state index contributed by atoms with van der Waals surface area (Å²) in [5.41, 5.74) is 3.68. The summed E-state index contributed by atoms with van der Waals surface area (Å²) in [5.74, 6) is -1.93. The Hall–Kier alpha value is -1.50. The second-order valence-corrected chi connectivity index (χ2v) is 4.74. The molecule has 1 aliphatic rings. The topological polar surface area (TPSA) is 55.8 Å². The lowest BCUT2D eigenvalue weighted by atomic mass is 10.1. The van der Waals surface area contributed by atoms with Gasteiger partial charge in [-0.05, 0) is 24.7 Å². The summed E-state index contributed by atoms with van der Waals surface area (Å²) in [6.07, 6.45) is 0. The van der Waals surface area contributed by atoms with Gasteiger partial charge in [0, 0.05) is 32.7 Å². The van der Waals surface area contributed by atoms with Gasteiger partial charge in [-0.3, -0.25) is 5.43 Å². The second kappa shape index (κ2) is 6.10. The maximum Gasteiger partial charge on any atom is 0.338 e. The number of hydrogen-bond acceptors (Lipinski definition) is 4. The fraction of sp³-hybridized carbons (Fsp3) is 0.462. The van der Waals surface area contributed by atoms with E-state index in [1.54, 1.807) is 6.07 Å². The molecule has 0 aromatic heterocycles. The molecule has 1 fully saturated rings. The standard InChI is InChI=1S/C13H18FN3O2/c1-16-4-6-17(7-5-16)15-9-10-2-3-11(13(18)19)12(14)8-10/h2-3,8,15H,4-7,9H2,1H3,(H,18,19). The van der Waals surface area contributed by atoms with Crippen LogP contribution < -0.4 is 5.43 Å². The minimum Gasteiger partial charge on any atom is -0.478 e. The Balaban J connectivity index is 1.89.